The molecular formula is C15H18N4O2. The number of hydrogen-bond acceptors (Lipinski definition) is 5. The lowest BCUT2D eigenvalue weighted by molar-refractivity contribution is 0.0737. The first-order chi connectivity index (χ1) is 10.3. The Bertz CT molecular complexity index is 595. The highest BCUT2D eigenvalue weighted by Crippen LogP contribution is 2.21. The quantitative estimate of drug-likeness (QED) is 0.923. The molecule has 1 amide bonds. The third kappa shape index (κ3) is 2.80. The summed E-state index contributed by atoms with van der Waals surface area (Å²) in [6, 6.07) is 7.63. The fraction of sp³-hybridized carbons (Fsp3) is 0.400. The van der Waals surface area contributed by atoms with Crippen molar-refractivity contribution in [3.8, 4) is 11.4 Å². The normalized spacial score (nSPS) is 18.1. The van der Waals surface area contributed by atoms with Gasteiger partial charge in [0.1, 0.15) is 0 Å². The van der Waals surface area contributed by atoms with Gasteiger partial charge in [-0.2, -0.15) is 4.98 Å². The number of hydrogen-bond donors (Lipinski definition) is 1. The first kappa shape index (κ1) is 13.8. The van der Waals surface area contributed by atoms with Crippen molar-refractivity contribution < 1.29 is 9.32 Å². The molecule has 2 aromatic rings. The van der Waals surface area contributed by atoms with Gasteiger partial charge in [0.05, 0.1) is 0 Å². The second-order valence-corrected chi connectivity index (χ2v) is 5.18. The summed E-state index contributed by atoms with van der Waals surface area (Å²) in [4.78, 5) is 18.5. The van der Waals surface area contributed by atoms with Crippen LogP contribution in [0.2, 0.25) is 0 Å². The van der Waals surface area contributed by atoms with Gasteiger partial charge < -0.3 is 14.7 Å². The molecule has 0 saturated carbocycles. The summed E-state index contributed by atoms with van der Waals surface area (Å²) < 4.78 is 4.73. The van der Waals surface area contributed by atoms with E-state index >= 15 is 0 Å². The summed E-state index contributed by atoms with van der Waals surface area (Å²) in [5.74, 6) is 0.621. The number of aromatic nitrogens is 2. The summed E-state index contributed by atoms with van der Waals surface area (Å²) in [6.07, 6.45) is 3.42. The van der Waals surface area contributed by atoms with Gasteiger partial charge in [0.2, 0.25) is 12.2 Å². The number of nitrogens with zero attached hydrogens (tertiary/aromatic N) is 3. The molecule has 6 heteroatoms. The molecule has 110 valence electrons. The van der Waals surface area contributed by atoms with Crippen LogP contribution >= 0.6 is 0 Å². The van der Waals surface area contributed by atoms with Crippen LogP contribution in [0.4, 0.5) is 0 Å². The summed E-state index contributed by atoms with van der Waals surface area (Å²) in [7, 11) is 1.92. The van der Waals surface area contributed by atoms with Crippen molar-refractivity contribution in [2.45, 2.75) is 18.9 Å². The average molecular weight is 286 g/mol. The van der Waals surface area contributed by atoms with Gasteiger partial charge in [0.25, 0.3) is 5.91 Å². The minimum Gasteiger partial charge on any atom is -0.342 e. The lowest BCUT2D eigenvalue weighted by Crippen LogP contribution is -2.40. The highest BCUT2D eigenvalue weighted by atomic mass is 16.5. The van der Waals surface area contributed by atoms with Gasteiger partial charge in [-0.1, -0.05) is 17.3 Å². The monoisotopic (exact) mass is 286 g/mol. The maximum atomic E-state index is 12.6. The van der Waals surface area contributed by atoms with Gasteiger partial charge in [0.15, 0.2) is 0 Å². The SMILES string of the molecule is CNC[C@H]1CCCN1C(=O)c1ccc(-c2ncon2)cc1. The molecule has 0 radical (unpaired) electrons. The fourth-order valence-electron chi connectivity index (χ4n) is 2.78. The van der Waals surface area contributed by atoms with Crippen molar-refractivity contribution >= 4 is 5.91 Å². The number of likely N-dealkylation sites (tertiary alicyclic amines) is 1. The lowest BCUT2D eigenvalue weighted by Gasteiger charge is -2.24. The Hall–Kier alpha value is -2.21. The summed E-state index contributed by atoms with van der Waals surface area (Å²) >= 11 is 0. The van der Waals surface area contributed by atoms with Crippen molar-refractivity contribution in [3.63, 3.8) is 0 Å². The molecule has 1 aromatic heterocycles. The van der Waals surface area contributed by atoms with Crippen molar-refractivity contribution in [1.82, 2.24) is 20.4 Å². The van der Waals surface area contributed by atoms with Gasteiger partial charge in [-0.05, 0) is 32.0 Å². The van der Waals surface area contributed by atoms with E-state index in [0.29, 0.717) is 17.4 Å². The molecule has 0 spiro atoms. The standard InChI is InChI=1S/C15H18N4O2/c1-16-9-13-3-2-8-19(13)15(20)12-6-4-11(5-7-12)14-17-10-21-18-14/h4-7,10,13,16H,2-3,8-9H2,1H3/t13-/m1/s1. The highest BCUT2D eigenvalue weighted by Gasteiger charge is 2.28. The zero-order valence-corrected chi connectivity index (χ0v) is 12.0. The Kier molecular flexibility index (Phi) is 3.96. The molecule has 1 atom stereocenters. The van der Waals surface area contributed by atoms with Crippen molar-refractivity contribution in [2.24, 2.45) is 0 Å². The van der Waals surface area contributed by atoms with Gasteiger partial charge in [-0.25, -0.2) is 0 Å². The molecule has 0 bridgehead atoms. The second kappa shape index (κ2) is 6.05. The molecule has 21 heavy (non-hydrogen) atoms. The lowest BCUT2D eigenvalue weighted by atomic mass is 10.1. The van der Waals surface area contributed by atoms with Crippen molar-refractivity contribution in [1.29, 1.82) is 0 Å². The smallest absolute Gasteiger partial charge is 0.254 e. The molecule has 1 aromatic carbocycles. The summed E-state index contributed by atoms with van der Waals surface area (Å²) in [5.41, 5.74) is 1.54. The first-order valence-electron chi connectivity index (χ1n) is 7.12. The van der Waals surface area contributed by atoms with Crippen LogP contribution in [-0.4, -0.2) is 47.1 Å². The molecule has 1 N–H and O–H groups in total. The Balaban J connectivity index is 1.76. The number of benzene rings is 1. The van der Waals surface area contributed by atoms with E-state index in [1.54, 1.807) is 0 Å². The van der Waals surface area contributed by atoms with Gasteiger partial charge in [-0.15, -0.1) is 0 Å². The maximum Gasteiger partial charge on any atom is 0.254 e. The van der Waals surface area contributed by atoms with Crippen LogP contribution in [0.1, 0.15) is 23.2 Å². The van der Waals surface area contributed by atoms with E-state index in [4.69, 9.17) is 4.52 Å². The second-order valence-electron chi connectivity index (χ2n) is 5.18. The van der Waals surface area contributed by atoms with Crippen molar-refractivity contribution in [2.75, 3.05) is 20.1 Å². The minimum absolute atomic E-state index is 0.0902. The first-order valence-corrected chi connectivity index (χ1v) is 7.12. The Morgan fingerprint density at radius 2 is 2.24 bits per heavy atom. The Morgan fingerprint density at radius 3 is 2.90 bits per heavy atom. The number of carbonyl (C=O) groups excluding carboxylic acids is 1. The molecule has 1 saturated heterocycles. The van der Waals surface area contributed by atoms with E-state index in [2.05, 4.69) is 15.5 Å². The molecule has 6 nitrogen and oxygen atoms in total. The topological polar surface area (TPSA) is 71.3 Å². The Morgan fingerprint density at radius 1 is 1.43 bits per heavy atom. The van der Waals surface area contributed by atoms with Crippen LogP contribution in [0.15, 0.2) is 35.2 Å². The van der Waals surface area contributed by atoms with Crippen LogP contribution < -0.4 is 5.32 Å². The third-order valence-electron chi connectivity index (χ3n) is 3.83. The summed E-state index contributed by atoms with van der Waals surface area (Å²) in [5, 5.41) is 6.94. The van der Waals surface area contributed by atoms with E-state index in [1.807, 2.05) is 36.2 Å². The number of nitrogens with one attached hydrogen (secondary N) is 1. The molecule has 3 rings (SSSR count). The van der Waals surface area contributed by atoms with Gasteiger partial charge in [0, 0.05) is 30.3 Å². The van der Waals surface area contributed by atoms with E-state index in [9.17, 15) is 4.79 Å². The molecule has 1 aliphatic heterocycles. The third-order valence-corrected chi connectivity index (χ3v) is 3.83. The molecule has 2 heterocycles. The zero-order valence-electron chi connectivity index (χ0n) is 12.0. The number of rotatable bonds is 4. The predicted molar refractivity (Wildman–Crippen MR) is 77.7 cm³/mol. The zero-order chi connectivity index (χ0) is 14.7. The highest BCUT2D eigenvalue weighted by molar-refractivity contribution is 5.95. The minimum atomic E-state index is 0.0902. The molecule has 1 fully saturated rings. The van der Waals surface area contributed by atoms with E-state index < -0.39 is 0 Å². The largest absolute Gasteiger partial charge is 0.342 e. The van der Waals surface area contributed by atoms with Gasteiger partial charge in [-0.3, -0.25) is 4.79 Å². The average Bonchev–Trinajstić information content (AvgIpc) is 3.19. The van der Waals surface area contributed by atoms with Gasteiger partial charge >= 0.3 is 0 Å². The Labute approximate surface area is 123 Å². The number of amides is 1. The number of likely N-dealkylation sites (N-methyl/N-ethyl adjacent to an activating group) is 1. The summed E-state index contributed by atoms with van der Waals surface area (Å²) in [6.45, 7) is 1.67. The number of carbonyl (C=O) groups is 1. The van der Waals surface area contributed by atoms with Crippen LogP contribution in [0.25, 0.3) is 11.4 Å². The maximum absolute atomic E-state index is 12.6. The molecule has 1 aliphatic rings. The van der Waals surface area contributed by atoms with Crippen molar-refractivity contribution in [3.05, 3.63) is 36.2 Å². The van der Waals surface area contributed by atoms with Crippen LogP contribution in [0.5, 0.6) is 0 Å². The van der Waals surface area contributed by atoms with Crippen LogP contribution in [0.3, 0.4) is 0 Å². The van der Waals surface area contributed by atoms with E-state index in [1.165, 1.54) is 6.39 Å². The molecule has 0 aliphatic carbocycles. The van der Waals surface area contributed by atoms with E-state index in [-0.39, 0.29) is 5.91 Å². The van der Waals surface area contributed by atoms with Crippen LogP contribution in [-0.2, 0) is 0 Å². The van der Waals surface area contributed by atoms with E-state index in [0.717, 1.165) is 31.5 Å². The fourth-order valence-corrected chi connectivity index (χ4v) is 2.78. The molecule has 0 unspecified atom stereocenters. The molecular weight excluding hydrogens is 268 g/mol. The predicted octanol–water partition coefficient (Wildman–Crippen LogP) is 1.56. The van der Waals surface area contributed by atoms with Crippen LogP contribution in [0, 0.1) is 0 Å².